The molecule has 120 valence electrons. The summed E-state index contributed by atoms with van der Waals surface area (Å²) in [6, 6.07) is 6.27. The van der Waals surface area contributed by atoms with E-state index in [0.717, 1.165) is 24.4 Å². The number of non-ortho nitro benzene ring substituents is 1. The maximum absolute atomic E-state index is 12.0. The van der Waals surface area contributed by atoms with Crippen molar-refractivity contribution in [2.45, 2.75) is 29.9 Å². The van der Waals surface area contributed by atoms with Gasteiger partial charge in [0.15, 0.2) is 0 Å². The molecule has 2 N–H and O–H groups in total. The molecule has 2 atom stereocenters. The first-order valence-electron chi connectivity index (χ1n) is 7.46. The minimum atomic E-state index is -0.428. The molecule has 1 aromatic rings. The van der Waals surface area contributed by atoms with E-state index in [1.165, 1.54) is 30.3 Å². The van der Waals surface area contributed by atoms with Crippen molar-refractivity contribution in [2.75, 3.05) is 19.6 Å². The van der Waals surface area contributed by atoms with E-state index in [1.54, 1.807) is 12.1 Å². The summed E-state index contributed by atoms with van der Waals surface area (Å²) in [5.74, 6) is 0.673. The molecule has 0 bridgehead atoms. The second-order valence-electron chi connectivity index (χ2n) is 5.45. The molecule has 1 aliphatic heterocycles. The van der Waals surface area contributed by atoms with Gasteiger partial charge in [0.2, 0.25) is 5.91 Å². The van der Waals surface area contributed by atoms with Crippen molar-refractivity contribution in [3.63, 3.8) is 0 Å². The van der Waals surface area contributed by atoms with Gasteiger partial charge in [0.1, 0.15) is 0 Å². The van der Waals surface area contributed by atoms with Crippen molar-refractivity contribution >= 4 is 23.4 Å². The molecule has 2 unspecified atom stereocenters. The summed E-state index contributed by atoms with van der Waals surface area (Å²) in [5, 5.41) is 16.7. The summed E-state index contributed by atoms with van der Waals surface area (Å²) in [7, 11) is 0. The number of nitrogens with one attached hydrogen (secondary N) is 2. The van der Waals surface area contributed by atoms with Crippen LogP contribution in [0.5, 0.6) is 0 Å². The second kappa shape index (κ2) is 8.14. The molecule has 0 radical (unpaired) electrons. The summed E-state index contributed by atoms with van der Waals surface area (Å²) in [6.07, 6.45) is 2.19. The lowest BCUT2D eigenvalue weighted by molar-refractivity contribution is -0.384. The molecule has 22 heavy (non-hydrogen) atoms. The molecular formula is C15H21N3O3S. The van der Waals surface area contributed by atoms with Crippen molar-refractivity contribution in [2.24, 2.45) is 5.92 Å². The van der Waals surface area contributed by atoms with Crippen molar-refractivity contribution < 1.29 is 9.72 Å². The summed E-state index contributed by atoms with van der Waals surface area (Å²) >= 11 is 1.41. The fraction of sp³-hybridized carbons (Fsp3) is 0.533. The lowest BCUT2D eigenvalue weighted by Gasteiger charge is -2.13. The molecule has 0 spiro atoms. The second-order valence-corrected chi connectivity index (χ2v) is 6.86. The fourth-order valence-electron chi connectivity index (χ4n) is 2.41. The van der Waals surface area contributed by atoms with E-state index < -0.39 is 4.92 Å². The smallest absolute Gasteiger partial charge is 0.269 e. The van der Waals surface area contributed by atoms with Crippen LogP contribution >= 0.6 is 11.8 Å². The Kier molecular flexibility index (Phi) is 6.21. The Morgan fingerprint density at radius 3 is 2.82 bits per heavy atom. The number of nitro groups is 1. The Labute approximate surface area is 134 Å². The number of carbonyl (C=O) groups excluding carboxylic acids is 1. The first-order valence-corrected chi connectivity index (χ1v) is 8.34. The largest absolute Gasteiger partial charge is 0.355 e. The Morgan fingerprint density at radius 2 is 2.23 bits per heavy atom. The molecule has 6 nitrogen and oxygen atoms in total. The Morgan fingerprint density at radius 1 is 1.50 bits per heavy atom. The van der Waals surface area contributed by atoms with Crippen molar-refractivity contribution in [1.29, 1.82) is 0 Å². The third-order valence-corrected chi connectivity index (χ3v) is 4.86. The Balaban J connectivity index is 1.74. The number of amides is 1. The third-order valence-electron chi connectivity index (χ3n) is 3.74. The van der Waals surface area contributed by atoms with Crippen LogP contribution in [0.15, 0.2) is 29.2 Å². The number of hydrogen-bond acceptors (Lipinski definition) is 5. The number of benzene rings is 1. The van der Waals surface area contributed by atoms with E-state index in [9.17, 15) is 14.9 Å². The van der Waals surface area contributed by atoms with Gasteiger partial charge in [0.05, 0.1) is 10.2 Å². The van der Waals surface area contributed by atoms with Gasteiger partial charge < -0.3 is 10.6 Å². The number of carbonyl (C=O) groups is 1. The van der Waals surface area contributed by atoms with Crippen molar-refractivity contribution in [3.05, 3.63) is 34.4 Å². The molecule has 1 aliphatic rings. The van der Waals surface area contributed by atoms with Gasteiger partial charge in [-0.05, 0) is 50.9 Å². The predicted molar refractivity (Wildman–Crippen MR) is 87.0 cm³/mol. The van der Waals surface area contributed by atoms with Crippen LogP contribution in [0, 0.1) is 16.0 Å². The van der Waals surface area contributed by atoms with E-state index in [-0.39, 0.29) is 16.8 Å². The maximum Gasteiger partial charge on any atom is 0.269 e. The van der Waals surface area contributed by atoms with Crippen LogP contribution in [0.25, 0.3) is 0 Å². The normalized spacial score (nSPS) is 18.9. The lowest BCUT2D eigenvalue weighted by atomic mass is 10.1. The SMILES string of the molecule is CC(Sc1ccc([N+](=O)[O-])cc1)C(=O)NCCC1CCNC1. The summed E-state index contributed by atoms with van der Waals surface area (Å²) in [5.41, 5.74) is 0.0617. The number of rotatable bonds is 7. The molecule has 0 aliphatic carbocycles. The van der Waals surface area contributed by atoms with E-state index >= 15 is 0 Å². The molecule has 0 saturated carbocycles. The third kappa shape index (κ3) is 4.99. The zero-order valence-electron chi connectivity index (χ0n) is 12.6. The standard InChI is InChI=1S/C15H21N3O3S/c1-11(15(19)17-9-7-12-6-8-16-10-12)22-14-4-2-13(3-5-14)18(20)21/h2-5,11-12,16H,6-10H2,1H3,(H,17,19). The van der Waals surface area contributed by atoms with Crippen LogP contribution in [-0.4, -0.2) is 35.7 Å². The van der Waals surface area contributed by atoms with Crippen molar-refractivity contribution in [3.8, 4) is 0 Å². The van der Waals surface area contributed by atoms with Crippen LogP contribution in [0.1, 0.15) is 19.8 Å². The highest BCUT2D eigenvalue weighted by atomic mass is 32.2. The van der Waals surface area contributed by atoms with E-state index in [2.05, 4.69) is 10.6 Å². The average molecular weight is 323 g/mol. The molecule has 1 saturated heterocycles. The van der Waals surface area contributed by atoms with Crippen LogP contribution in [0.2, 0.25) is 0 Å². The predicted octanol–water partition coefficient (Wildman–Crippen LogP) is 2.19. The van der Waals surface area contributed by atoms with Crippen LogP contribution in [0.4, 0.5) is 5.69 Å². The average Bonchev–Trinajstić information content (AvgIpc) is 3.01. The topological polar surface area (TPSA) is 84.3 Å². The number of nitrogens with zero attached hydrogens (tertiary/aromatic N) is 1. The minimum absolute atomic E-state index is 0.00862. The summed E-state index contributed by atoms with van der Waals surface area (Å²) < 4.78 is 0. The lowest BCUT2D eigenvalue weighted by Crippen LogP contribution is -2.32. The monoisotopic (exact) mass is 323 g/mol. The number of nitro benzene ring substituents is 1. The van der Waals surface area contributed by atoms with E-state index in [4.69, 9.17) is 0 Å². The maximum atomic E-state index is 12.0. The first-order chi connectivity index (χ1) is 10.6. The van der Waals surface area contributed by atoms with Gasteiger partial charge in [-0.2, -0.15) is 0 Å². The van der Waals surface area contributed by atoms with Gasteiger partial charge in [-0.15, -0.1) is 11.8 Å². The van der Waals surface area contributed by atoms with Gasteiger partial charge in [-0.1, -0.05) is 0 Å². The highest BCUT2D eigenvalue weighted by molar-refractivity contribution is 8.00. The molecular weight excluding hydrogens is 302 g/mol. The van der Waals surface area contributed by atoms with Gasteiger partial charge in [0.25, 0.3) is 5.69 Å². The van der Waals surface area contributed by atoms with Gasteiger partial charge in [-0.3, -0.25) is 14.9 Å². The van der Waals surface area contributed by atoms with Gasteiger partial charge in [-0.25, -0.2) is 0 Å². The zero-order chi connectivity index (χ0) is 15.9. The molecule has 1 fully saturated rings. The number of hydrogen-bond donors (Lipinski definition) is 2. The number of thioether (sulfide) groups is 1. The Bertz CT molecular complexity index is 515. The first kappa shape index (κ1) is 16.8. The fourth-order valence-corrected chi connectivity index (χ4v) is 3.30. The van der Waals surface area contributed by atoms with Gasteiger partial charge >= 0.3 is 0 Å². The summed E-state index contributed by atoms with van der Waals surface area (Å²) in [4.78, 5) is 23.1. The minimum Gasteiger partial charge on any atom is -0.355 e. The van der Waals surface area contributed by atoms with Crippen LogP contribution < -0.4 is 10.6 Å². The molecule has 1 aromatic carbocycles. The molecule has 1 amide bonds. The molecule has 0 aromatic heterocycles. The van der Waals surface area contributed by atoms with E-state index in [0.29, 0.717) is 12.5 Å². The van der Waals surface area contributed by atoms with Crippen LogP contribution in [-0.2, 0) is 4.79 Å². The molecule has 7 heteroatoms. The molecule has 1 heterocycles. The van der Waals surface area contributed by atoms with Crippen LogP contribution in [0.3, 0.4) is 0 Å². The zero-order valence-corrected chi connectivity index (χ0v) is 13.4. The van der Waals surface area contributed by atoms with Gasteiger partial charge in [0, 0.05) is 23.6 Å². The van der Waals surface area contributed by atoms with E-state index in [1.807, 2.05) is 6.92 Å². The summed E-state index contributed by atoms with van der Waals surface area (Å²) in [6.45, 7) is 4.67. The highest BCUT2D eigenvalue weighted by Gasteiger charge is 2.17. The van der Waals surface area contributed by atoms with Crippen molar-refractivity contribution in [1.82, 2.24) is 10.6 Å². The quantitative estimate of drug-likeness (QED) is 0.456. The highest BCUT2D eigenvalue weighted by Crippen LogP contribution is 2.25. The molecule has 2 rings (SSSR count). The Hall–Kier alpha value is -1.60.